The standard InChI is InChI=1S/C6H13NO7S.Na/c7-3-1-13-4(6(9)5(3)8)2-14-15(10,11)12;/h3-6,8-9H,1-2,7H2,(H,10,11,12);/q;+1/p-1/t3?,4?,5?,6-;/m1./s1. The largest absolute Gasteiger partial charge is 1.00 e. The van der Waals surface area contributed by atoms with Gasteiger partial charge < -0.3 is 25.2 Å². The van der Waals surface area contributed by atoms with Crippen molar-refractivity contribution in [2.45, 2.75) is 24.4 Å². The van der Waals surface area contributed by atoms with Crippen LogP contribution in [0.3, 0.4) is 0 Å². The van der Waals surface area contributed by atoms with E-state index < -0.39 is 41.4 Å². The summed E-state index contributed by atoms with van der Waals surface area (Å²) in [5.41, 5.74) is 5.36. The Morgan fingerprint density at radius 2 is 2.00 bits per heavy atom. The molecule has 1 aliphatic heterocycles. The monoisotopic (exact) mass is 265 g/mol. The fourth-order valence-corrected chi connectivity index (χ4v) is 1.50. The summed E-state index contributed by atoms with van der Waals surface area (Å²) in [7, 11) is -4.83. The second kappa shape index (κ2) is 6.59. The van der Waals surface area contributed by atoms with Crippen molar-refractivity contribution in [3.05, 3.63) is 0 Å². The van der Waals surface area contributed by atoms with Crippen LogP contribution in [0.1, 0.15) is 0 Å². The van der Waals surface area contributed by atoms with Crippen molar-refractivity contribution in [1.29, 1.82) is 0 Å². The summed E-state index contributed by atoms with van der Waals surface area (Å²) < 4.78 is 39.2. The number of ether oxygens (including phenoxy) is 1. The second-order valence-corrected chi connectivity index (χ2v) is 4.26. The van der Waals surface area contributed by atoms with Gasteiger partial charge in [0.2, 0.25) is 10.4 Å². The van der Waals surface area contributed by atoms with E-state index in [4.69, 9.17) is 10.5 Å². The van der Waals surface area contributed by atoms with E-state index in [9.17, 15) is 23.2 Å². The third kappa shape index (κ3) is 4.92. The van der Waals surface area contributed by atoms with E-state index in [0.717, 1.165) is 0 Å². The average Bonchev–Trinajstić information content (AvgIpc) is 2.12. The van der Waals surface area contributed by atoms with Crippen molar-refractivity contribution in [2.75, 3.05) is 13.2 Å². The van der Waals surface area contributed by atoms with E-state index in [1.807, 2.05) is 0 Å². The van der Waals surface area contributed by atoms with Crippen LogP contribution in [0.2, 0.25) is 0 Å². The number of nitrogens with two attached hydrogens (primary N) is 1. The summed E-state index contributed by atoms with van der Waals surface area (Å²) in [6, 6.07) is -0.750. The molecule has 4 atom stereocenters. The van der Waals surface area contributed by atoms with Gasteiger partial charge >= 0.3 is 29.6 Å². The first-order valence-electron chi connectivity index (χ1n) is 4.15. The maximum absolute atomic E-state index is 10.1. The minimum absolute atomic E-state index is 0. The summed E-state index contributed by atoms with van der Waals surface area (Å²) in [6.07, 6.45) is -3.69. The Bertz CT molecular complexity index is 310. The zero-order valence-electron chi connectivity index (χ0n) is 8.64. The van der Waals surface area contributed by atoms with E-state index in [1.165, 1.54) is 0 Å². The molecular formula is C6H12NNaO7S. The van der Waals surface area contributed by atoms with Gasteiger partial charge in [-0.25, -0.2) is 8.42 Å². The first-order chi connectivity index (χ1) is 6.81. The first-order valence-corrected chi connectivity index (χ1v) is 5.48. The van der Waals surface area contributed by atoms with Crippen molar-refractivity contribution in [3.8, 4) is 0 Å². The van der Waals surface area contributed by atoms with E-state index in [-0.39, 0.29) is 36.2 Å². The number of hydrogen-bond acceptors (Lipinski definition) is 8. The normalized spacial score (nSPS) is 35.5. The molecule has 0 radical (unpaired) electrons. The zero-order valence-corrected chi connectivity index (χ0v) is 11.5. The molecule has 0 saturated carbocycles. The quantitative estimate of drug-likeness (QED) is 0.260. The molecule has 1 saturated heterocycles. The molecule has 0 aliphatic carbocycles. The molecule has 0 aromatic heterocycles. The van der Waals surface area contributed by atoms with Gasteiger partial charge in [-0.2, -0.15) is 0 Å². The van der Waals surface area contributed by atoms with Gasteiger partial charge in [-0.15, -0.1) is 0 Å². The van der Waals surface area contributed by atoms with Gasteiger partial charge in [-0.1, -0.05) is 0 Å². The van der Waals surface area contributed by atoms with Crippen LogP contribution in [-0.4, -0.2) is 60.8 Å². The Morgan fingerprint density at radius 3 is 2.50 bits per heavy atom. The van der Waals surface area contributed by atoms with Crippen LogP contribution >= 0.6 is 0 Å². The van der Waals surface area contributed by atoms with Crippen LogP contribution < -0.4 is 35.3 Å². The minimum Gasteiger partial charge on any atom is -0.726 e. The van der Waals surface area contributed by atoms with Gasteiger partial charge in [0.15, 0.2) is 0 Å². The van der Waals surface area contributed by atoms with Gasteiger partial charge in [0.05, 0.1) is 25.4 Å². The third-order valence-corrected chi connectivity index (χ3v) is 2.47. The Hall–Kier alpha value is 0.710. The minimum atomic E-state index is -4.83. The van der Waals surface area contributed by atoms with Crippen molar-refractivity contribution in [3.63, 3.8) is 0 Å². The molecule has 3 unspecified atom stereocenters. The van der Waals surface area contributed by atoms with Crippen LogP contribution in [0.5, 0.6) is 0 Å². The van der Waals surface area contributed by atoms with E-state index in [2.05, 4.69) is 4.18 Å². The Balaban J connectivity index is 0.00000225. The molecule has 1 heterocycles. The molecule has 10 heteroatoms. The molecule has 4 N–H and O–H groups in total. The molecule has 0 spiro atoms. The molecule has 1 rings (SSSR count). The molecule has 8 nitrogen and oxygen atoms in total. The summed E-state index contributed by atoms with van der Waals surface area (Å²) in [4.78, 5) is 0. The second-order valence-electron chi connectivity index (χ2n) is 3.21. The molecule has 0 bridgehead atoms. The molecular weight excluding hydrogens is 253 g/mol. The fourth-order valence-electron chi connectivity index (χ4n) is 1.20. The molecule has 0 aromatic carbocycles. The Labute approximate surface area is 115 Å². The Kier molecular flexibility index (Phi) is 6.88. The van der Waals surface area contributed by atoms with Gasteiger partial charge in [-0.3, -0.25) is 4.18 Å². The van der Waals surface area contributed by atoms with Gasteiger partial charge in [0.25, 0.3) is 0 Å². The van der Waals surface area contributed by atoms with Gasteiger partial charge in [-0.05, 0) is 0 Å². The molecule has 1 fully saturated rings. The predicted octanol–water partition coefficient (Wildman–Crippen LogP) is -6.08. The summed E-state index contributed by atoms with van der Waals surface area (Å²) in [5.74, 6) is 0. The topological polar surface area (TPSA) is 142 Å². The molecule has 16 heavy (non-hydrogen) atoms. The molecule has 90 valence electrons. The van der Waals surface area contributed by atoms with Crippen molar-refractivity contribution in [1.82, 2.24) is 0 Å². The van der Waals surface area contributed by atoms with Crippen LogP contribution in [-0.2, 0) is 19.3 Å². The maximum Gasteiger partial charge on any atom is 1.00 e. The van der Waals surface area contributed by atoms with Crippen LogP contribution in [0.25, 0.3) is 0 Å². The number of aliphatic hydroxyl groups is 2. The van der Waals surface area contributed by atoms with E-state index in [0.29, 0.717) is 0 Å². The summed E-state index contributed by atoms with van der Waals surface area (Å²) in [6.45, 7) is -0.693. The third-order valence-electron chi connectivity index (χ3n) is 2.05. The molecule has 0 amide bonds. The molecule has 1 aliphatic rings. The average molecular weight is 265 g/mol. The fraction of sp³-hybridized carbons (Fsp3) is 1.00. The van der Waals surface area contributed by atoms with Crippen LogP contribution in [0.15, 0.2) is 0 Å². The van der Waals surface area contributed by atoms with Crippen molar-refractivity contribution < 1.29 is 61.7 Å². The van der Waals surface area contributed by atoms with E-state index in [1.54, 1.807) is 0 Å². The van der Waals surface area contributed by atoms with Crippen molar-refractivity contribution in [2.24, 2.45) is 5.73 Å². The van der Waals surface area contributed by atoms with Crippen molar-refractivity contribution >= 4 is 10.4 Å². The Morgan fingerprint density at radius 1 is 1.44 bits per heavy atom. The first kappa shape index (κ1) is 16.7. The van der Waals surface area contributed by atoms with Gasteiger partial charge in [0.1, 0.15) is 12.2 Å². The predicted molar refractivity (Wildman–Crippen MR) is 45.4 cm³/mol. The zero-order chi connectivity index (χ0) is 11.6. The molecule has 0 aromatic rings. The number of hydrogen-bond donors (Lipinski definition) is 3. The van der Waals surface area contributed by atoms with Crippen LogP contribution in [0.4, 0.5) is 0 Å². The van der Waals surface area contributed by atoms with Crippen LogP contribution in [0, 0.1) is 0 Å². The van der Waals surface area contributed by atoms with E-state index >= 15 is 0 Å². The number of rotatable bonds is 3. The smallest absolute Gasteiger partial charge is 0.726 e. The summed E-state index contributed by atoms with van der Waals surface area (Å²) >= 11 is 0. The SMILES string of the molecule is NC1COC(COS(=O)(=O)[O-])[C@@H](O)C1O.[Na+]. The van der Waals surface area contributed by atoms with Gasteiger partial charge in [0, 0.05) is 0 Å². The summed E-state index contributed by atoms with van der Waals surface area (Å²) in [5, 5.41) is 18.7. The maximum atomic E-state index is 10.1. The number of aliphatic hydroxyl groups excluding tert-OH is 2.